The number of benzene rings is 2. The van der Waals surface area contributed by atoms with Gasteiger partial charge in [-0.05, 0) is 19.1 Å². The van der Waals surface area contributed by atoms with E-state index >= 15 is 0 Å². The molecule has 1 saturated heterocycles. The average Bonchev–Trinajstić information content (AvgIpc) is 3.24. The highest BCUT2D eigenvalue weighted by atomic mass is 16.6. The van der Waals surface area contributed by atoms with Crippen molar-refractivity contribution in [2.75, 3.05) is 0 Å². The van der Waals surface area contributed by atoms with E-state index < -0.39 is 0 Å². The van der Waals surface area contributed by atoms with E-state index in [0.29, 0.717) is 12.1 Å². The molecule has 0 bridgehead atoms. The number of nitro groups is 1. The maximum Gasteiger partial charge on any atom is 0.269 e. The van der Waals surface area contributed by atoms with Gasteiger partial charge in [0.15, 0.2) is 17.7 Å². The second kappa shape index (κ2) is 4.98. The molecule has 5 heteroatoms. The van der Waals surface area contributed by atoms with Crippen LogP contribution in [0.5, 0.6) is 0 Å². The quantitative estimate of drug-likeness (QED) is 0.536. The Morgan fingerprint density at radius 1 is 1.04 bits per heavy atom. The maximum atomic E-state index is 10.8. The first-order chi connectivity index (χ1) is 11.4. The van der Waals surface area contributed by atoms with Gasteiger partial charge >= 0.3 is 0 Å². The van der Waals surface area contributed by atoms with Crippen LogP contribution in [-0.2, 0) is 0 Å². The van der Waals surface area contributed by atoms with Crippen molar-refractivity contribution >= 4 is 11.4 Å². The van der Waals surface area contributed by atoms with E-state index in [2.05, 4.69) is 45.0 Å². The molecule has 0 aliphatic carbocycles. The number of nitrogens with zero attached hydrogens (tertiary/aromatic N) is 2. The summed E-state index contributed by atoms with van der Waals surface area (Å²) in [6.45, 7) is 6.39. The lowest BCUT2D eigenvalue weighted by atomic mass is 10.0. The fourth-order valence-corrected chi connectivity index (χ4v) is 3.91. The standard InChI is InChI=1S/C19H19N3O2/c1-12-4-6-13(7-5-12)16-18-17(21(18)19(2,3)20-16)14-8-10-15(11-9-14)22(23)24/h4-11,17-18H,1-3H3/p+1/t17-,18+,21?/m0/s1. The van der Waals surface area contributed by atoms with E-state index in [1.54, 1.807) is 12.1 Å². The van der Waals surface area contributed by atoms with Crippen molar-refractivity contribution in [3.63, 3.8) is 0 Å². The highest BCUT2D eigenvalue weighted by Crippen LogP contribution is 2.35. The number of nitro benzene ring substituents is 1. The molecular weight excluding hydrogens is 302 g/mol. The van der Waals surface area contributed by atoms with Gasteiger partial charge in [-0.2, -0.15) is 0 Å². The smallest absolute Gasteiger partial charge is 0.269 e. The molecule has 5 nitrogen and oxygen atoms in total. The van der Waals surface area contributed by atoms with Crippen LogP contribution in [0.2, 0.25) is 0 Å². The van der Waals surface area contributed by atoms with E-state index in [9.17, 15) is 10.1 Å². The number of hydrogen-bond acceptors (Lipinski definition) is 3. The van der Waals surface area contributed by atoms with Crippen molar-refractivity contribution in [3.05, 3.63) is 75.3 Å². The van der Waals surface area contributed by atoms with Crippen molar-refractivity contribution in [2.24, 2.45) is 4.99 Å². The summed E-state index contributed by atoms with van der Waals surface area (Å²) in [6, 6.07) is 16.1. The Kier molecular flexibility index (Phi) is 3.12. The van der Waals surface area contributed by atoms with Crippen molar-refractivity contribution in [3.8, 4) is 0 Å². The van der Waals surface area contributed by atoms with Crippen molar-refractivity contribution in [1.29, 1.82) is 0 Å². The van der Waals surface area contributed by atoms with Crippen molar-refractivity contribution in [2.45, 2.75) is 38.5 Å². The second-order valence-corrected chi connectivity index (χ2v) is 7.18. The zero-order chi connectivity index (χ0) is 17.1. The molecule has 2 heterocycles. The summed E-state index contributed by atoms with van der Waals surface area (Å²) in [5, 5.41) is 10.8. The molecule has 4 rings (SSSR count). The van der Waals surface area contributed by atoms with Crippen LogP contribution in [0.3, 0.4) is 0 Å². The third-order valence-electron chi connectivity index (χ3n) is 5.11. The summed E-state index contributed by atoms with van der Waals surface area (Å²) in [5.41, 5.74) is 4.69. The molecule has 0 spiro atoms. The molecule has 0 amide bonds. The first kappa shape index (κ1) is 15.0. The molecule has 2 aromatic carbocycles. The monoisotopic (exact) mass is 322 g/mol. The zero-order valence-electron chi connectivity index (χ0n) is 14.0. The van der Waals surface area contributed by atoms with Gasteiger partial charge in [-0.3, -0.25) is 15.0 Å². The molecule has 0 saturated carbocycles. The number of aryl methyl sites for hydroxylation is 1. The number of fused-ring (bicyclic) bond motifs is 1. The average molecular weight is 322 g/mol. The van der Waals surface area contributed by atoms with E-state index in [1.807, 2.05) is 12.1 Å². The molecule has 24 heavy (non-hydrogen) atoms. The highest BCUT2D eigenvalue weighted by Gasteiger charge is 2.68. The van der Waals surface area contributed by atoms with Crippen LogP contribution in [0.4, 0.5) is 5.69 Å². The van der Waals surface area contributed by atoms with Gasteiger partial charge in [-0.15, -0.1) is 0 Å². The molecule has 122 valence electrons. The first-order valence-electron chi connectivity index (χ1n) is 8.17. The number of non-ortho nitro benzene ring substituents is 1. The third-order valence-corrected chi connectivity index (χ3v) is 5.11. The molecule has 2 aromatic rings. The number of aliphatic imine (C=N–C) groups is 1. The van der Waals surface area contributed by atoms with Crippen LogP contribution in [0.15, 0.2) is 53.5 Å². The first-order valence-corrected chi connectivity index (χ1v) is 8.17. The predicted molar refractivity (Wildman–Crippen MR) is 92.4 cm³/mol. The summed E-state index contributed by atoms with van der Waals surface area (Å²) in [6.07, 6.45) is 0. The van der Waals surface area contributed by atoms with Crippen LogP contribution in [0, 0.1) is 17.0 Å². The Balaban J connectivity index is 1.66. The summed E-state index contributed by atoms with van der Waals surface area (Å²) < 4.78 is 0. The summed E-state index contributed by atoms with van der Waals surface area (Å²) in [7, 11) is 0. The van der Waals surface area contributed by atoms with Crippen LogP contribution in [-0.4, -0.2) is 22.3 Å². The van der Waals surface area contributed by atoms with Crippen LogP contribution < -0.4 is 4.90 Å². The lowest BCUT2D eigenvalue weighted by molar-refractivity contribution is -0.837. The van der Waals surface area contributed by atoms with Gasteiger partial charge in [0, 0.05) is 37.1 Å². The van der Waals surface area contributed by atoms with E-state index in [0.717, 1.165) is 11.3 Å². The Bertz CT molecular complexity index is 838. The molecular formula is C19H20N3O2+. The molecule has 1 N–H and O–H groups in total. The molecule has 2 aliphatic heterocycles. The molecule has 0 aromatic heterocycles. The van der Waals surface area contributed by atoms with E-state index in [-0.39, 0.29) is 16.3 Å². The SMILES string of the molecule is Cc1ccc(C2=NC(C)(C)[NH+]3[C@H]2[C@@H]3c2ccc([N+](=O)[O-])cc2)cc1. The minimum atomic E-state index is -0.353. The largest absolute Gasteiger partial charge is 0.288 e. The normalized spacial score (nSPS) is 26.6. The van der Waals surface area contributed by atoms with Crippen LogP contribution in [0.1, 0.15) is 36.6 Å². The Morgan fingerprint density at radius 3 is 2.25 bits per heavy atom. The Morgan fingerprint density at radius 2 is 1.67 bits per heavy atom. The molecule has 0 radical (unpaired) electrons. The van der Waals surface area contributed by atoms with Gasteiger partial charge in [0.1, 0.15) is 5.71 Å². The fraction of sp³-hybridized carbons (Fsp3) is 0.316. The number of quaternary nitrogens is 1. The summed E-state index contributed by atoms with van der Waals surface area (Å²) >= 11 is 0. The van der Waals surface area contributed by atoms with Crippen LogP contribution >= 0.6 is 0 Å². The predicted octanol–water partition coefficient (Wildman–Crippen LogP) is 2.45. The Hall–Kier alpha value is -2.53. The summed E-state index contributed by atoms with van der Waals surface area (Å²) in [5.74, 6) is 0. The second-order valence-electron chi connectivity index (χ2n) is 7.18. The van der Waals surface area contributed by atoms with Gasteiger partial charge < -0.3 is 0 Å². The number of nitrogens with one attached hydrogen (secondary N) is 1. The summed E-state index contributed by atoms with van der Waals surface area (Å²) in [4.78, 5) is 16.9. The highest BCUT2D eigenvalue weighted by molar-refractivity contribution is 6.06. The number of rotatable bonds is 3. The maximum absolute atomic E-state index is 10.8. The number of hydrogen-bond donors (Lipinski definition) is 1. The van der Waals surface area contributed by atoms with Gasteiger partial charge in [0.05, 0.1) is 4.92 Å². The minimum Gasteiger partial charge on any atom is -0.288 e. The lowest BCUT2D eigenvalue weighted by Gasteiger charge is -2.16. The minimum absolute atomic E-state index is 0.140. The lowest BCUT2D eigenvalue weighted by Crippen LogP contribution is -3.02. The molecule has 1 fully saturated rings. The van der Waals surface area contributed by atoms with Crippen molar-refractivity contribution in [1.82, 2.24) is 0 Å². The molecule has 3 atom stereocenters. The van der Waals surface area contributed by atoms with Crippen LogP contribution in [0.25, 0.3) is 0 Å². The molecule has 2 aliphatic rings. The zero-order valence-corrected chi connectivity index (χ0v) is 14.0. The van der Waals surface area contributed by atoms with Gasteiger partial charge in [0.25, 0.3) is 5.69 Å². The van der Waals surface area contributed by atoms with Gasteiger partial charge in [0.2, 0.25) is 0 Å². The third kappa shape index (κ3) is 2.24. The van der Waals surface area contributed by atoms with E-state index in [1.165, 1.54) is 16.0 Å². The Labute approximate surface area is 140 Å². The van der Waals surface area contributed by atoms with Crippen molar-refractivity contribution < 1.29 is 9.82 Å². The topological polar surface area (TPSA) is 59.9 Å². The molecule has 1 unspecified atom stereocenters. The van der Waals surface area contributed by atoms with Gasteiger partial charge in [-0.25, -0.2) is 4.99 Å². The fourth-order valence-electron chi connectivity index (χ4n) is 3.91. The van der Waals surface area contributed by atoms with Gasteiger partial charge in [-0.1, -0.05) is 29.8 Å². The van der Waals surface area contributed by atoms with E-state index in [4.69, 9.17) is 4.99 Å².